The maximum atomic E-state index is 13.0. The second kappa shape index (κ2) is 7.65. The van der Waals surface area contributed by atoms with Gasteiger partial charge in [0.15, 0.2) is 5.54 Å². The van der Waals surface area contributed by atoms with Gasteiger partial charge in [-0.05, 0) is 52.2 Å². The van der Waals surface area contributed by atoms with Gasteiger partial charge in [-0.15, -0.1) is 11.6 Å². The molecule has 5 nitrogen and oxygen atoms in total. The first-order chi connectivity index (χ1) is 11.7. The zero-order valence-corrected chi connectivity index (χ0v) is 16.1. The van der Waals surface area contributed by atoms with Crippen LogP contribution in [0.2, 0.25) is 0 Å². The van der Waals surface area contributed by atoms with Crippen LogP contribution < -0.4 is 4.90 Å². The van der Waals surface area contributed by atoms with Crippen molar-refractivity contribution in [3.05, 3.63) is 29.8 Å². The van der Waals surface area contributed by atoms with Crippen LogP contribution >= 0.6 is 11.6 Å². The average molecular weight is 368 g/mol. The van der Waals surface area contributed by atoms with E-state index in [2.05, 4.69) is 0 Å². The lowest BCUT2D eigenvalue weighted by molar-refractivity contribution is -0.149. The number of rotatable bonds is 5. The van der Waals surface area contributed by atoms with Gasteiger partial charge in [-0.1, -0.05) is 18.2 Å². The molecule has 1 aliphatic heterocycles. The van der Waals surface area contributed by atoms with Gasteiger partial charge in [0.25, 0.3) is 0 Å². The van der Waals surface area contributed by atoms with E-state index in [4.69, 9.17) is 21.1 Å². The van der Waals surface area contributed by atoms with Crippen LogP contribution in [0.3, 0.4) is 0 Å². The number of amides is 1. The van der Waals surface area contributed by atoms with Gasteiger partial charge in [0.1, 0.15) is 5.60 Å². The number of esters is 1. The van der Waals surface area contributed by atoms with E-state index in [9.17, 15) is 9.59 Å². The van der Waals surface area contributed by atoms with Crippen molar-refractivity contribution in [2.24, 2.45) is 0 Å². The summed E-state index contributed by atoms with van der Waals surface area (Å²) in [5, 5.41) is 0. The normalized spacial score (nSPS) is 19.5. The minimum atomic E-state index is -1.11. The van der Waals surface area contributed by atoms with Crippen molar-refractivity contribution < 1.29 is 19.1 Å². The zero-order chi connectivity index (χ0) is 18.7. The number of carbonyl (C=O) groups excluding carboxylic acids is 2. The van der Waals surface area contributed by atoms with E-state index in [-0.39, 0.29) is 6.61 Å². The van der Waals surface area contributed by atoms with Gasteiger partial charge in [0.2, 0.25) is 0 Å². The molecule has 1 aromatic rings. The van der Waals surface area contributed by atoms with E-state index in [0.29, 0.717) is 30.8 Å². The molecule has 1 aliphatic rings. The van der Waals surface area contributed by atoms with Crippen LogP contribution in [-0.2, 0) is 20.7 Å². The van der Waals surface area contributed by atoms with Gasteiger partial charge in [0, 0.05) is 12.3 Å². The van der Waals surface area contributed by atoms with Gasteiger partial charge in [-0.3, -0.25) is 4.90 Å². The largest absolute Gasteiger partial charge is 0.464 e. The number of hydrogen-bond acceptors (Lipinski definition) is 4. The summed E-state index contributed by atoms with van der Waals surface area (Å²) < 4.78 is 10.9. The summed E-state index contributed by atoms with van der Waals surface area (Å²) in [6.07, 6.45) is 0.870. The van der Waals surface area contributed by atoms with Crippen molar-refractivity contribution in [2.75, 3.05) is 17.4 Å². The lowest BCUT2D eigenvalue weighted by atomic mass is 9.89. The first-order valence-corrected chi connectivity index (χ1v) is 9.13. The molecule has 25 heavy (non-hydrogen) atoms. The lowest BCUT2D eigenvalue weighted by Crippen LogP contribution is -2.57. The number of nitrogens with zero attached hydrogens (tertiary/aromatic N) is 1. The summed E-state index contributed by atoms with van der Waals surface area (Å²) in [6.45, 7) is 7.42. The van der Waals surface area contributed by atoms with Crippen molar-refractivity contribution in [2.45, 2.75) is 58.1 Å². The summed E-state index contributed by atoms with van der Waals surface area (Å²) in [7, 11) is 0. The molecule has 2 rings (SSSR count). The Morgan fingerprint density at radius 1 is 1.28 bits per heavy atom. The van der Waals surface area contributed by atoms with Gasteiger partial charge < -0.3 is 9.47 Å². The molecule has 0 N–H and O–H groups in total. The molecule has 138 valence electrons. The van der Waals surface area contributed by atoms with E-state index in [0.717, 1.165) is 5.56 Å². The molecule has 1 unspecified atom stereocenters. The number of benzene rings is 1. The summed E-state index contributed by atoms with van der Waals surface area (Å²) in [5.74, 6) is -0.0122. The van der Waals surface area contributed by atoms with Crippen LogP contribution in [0.15, 0.2) is 24.3 Å². The Kier molecular flexibility index (Phi) is 5.99. The minimum absolute atomic E-state index is 0.250. The van der Waals surface area contributed by atoms with Gasteiger partial charge in [-0.25, -0.2) is 9.59 Å². The first kappa shape index (κ1) is 19.6. The molecule has 0 fully saturated rings. The third-order valence-corrected chi connectivity index (χ3v) is 4.37. The highest BCUT2D eigenvalue weighted by Crippen LogP contribution is 2.43. The number of carbonyl (C=O) groups is 2. The summed E-state index contributed by atoms with van der Waals surface area (Å²) in [5.41, 5.74) is -0.159. The molecule has 0 saturated heterocycles. The fourth-order valence-corrected chi connectivity index (χ4v) is 3.31. The molecule has 1 atom stereocenters. The number of fused-ring (bicyclic) bond motifs is 1. The molecule has 1 heterocycles. The van der Waals surface area contributed by atoms with Crippen LogP contribution in [0.1, 0.15) is 46.1 Å². The molecule has 0 saturated carbocycles. The van der Waals surface area contributed by atoms with Gasteiger partial charge in [0.05, 0.1) is 12.3 Å². The number of alkyl halides is 1. The SMILES string of the molecule is CCOC(=O)C1(CCCCl)Cc2ccccc2N1C(=O)OC(C)(C)C. The smallest absolute Gasteiger partial charge is 0.415 e. The summed E-state index contributed by atoms with van der Waals surface area (Å²) in [4.78, 5) is 27.4. The van der Waals surface area contributed by atoms with Gasteiger partial charge in [-0.2, -0.15) is 0 Å². The summed E-state index contributed by atoms with van der Waals surface area (Å²) >= 11 is 5.88. The topological polar surface area (TPSA) is 55.8 Å². The molecule has 1 amide bonds. The molecule has 0 aromatic heterocycles. The molecule has 1 aromatic carbocycles. The molecular formula is C19H26ClNO4. The van der Waals surface area contributed by atoms with E-state index < -0.39 is 23.2 Å². The Balaban J connectivity index is 2.51. The van der Waals surface area contributed by atoms with E-state index in [1.807, 2.05) is 24.3 Å². The first-order valence-electron chi connectivity index (χ1n) is 8.59. The molecular weight excluding hydrogens is 342 g/mol. The fraction of sp³-hybridized carbons (Fsp3) is 0.579. The van der Waals surface area contributed by atoms with Crippen molar-refractivity contribution in [3.8, 4) is 0 Å². The highest BCUT2D eigenvalue weighted by Gasteiger charge is 2.54. The highest BCUT2D eigenvalue weighted by molar-refractivity contribution is 6.17. The van der Waals surface area contributed by atoms with Crippen LogP contribution in [0.25, 0.3) is 0 Å². The number of hydrogen-bond donors (Lipinski definition) is 0. The Morgan fingerprint density at radius 2 is 1.96 bits per heavy atom. The number of halogens is 1. The van der Waals surface area contributed by atoms with E-state index >= 15 is 0 Å². The van der Waals surface area contributed by atoms with Gasteiger partial charge >= 0.3 is 12.1 Å². The lowest BCUT2D eigenvalue weighted by Gasteiger charge is -2.37. The Hall–Kier alpha value is -1.75. The third-order valence-electron chi connectivity index (χ3n) is 4.10. The minimum Gasteiger partial charge on any atom is -0.464 e. The maximum Gasteiger partial charge on any atom is 0.415 e. The monoisotopic (exact) mass is 367 g/mol. The molecule has 0 aliphatic carbocycles. The zero-order valence-electron chi connectivity index (χ0n) is 15.3. The standard InChI is InChI=1S/C19H26ClNO4/c1-5-24-16(22)19(11-8-12-20)13-14-9-6-7-10-15(14)21(19)17(23)25-18(2,3)4/h6-7,9-10H,5,8,11-13H2,1-4H3. The predicted octanol–water partition coefficient (Wildman–Crippen LogP) is 4.31. The van der Waals surface area contributed by atoms with Crippen molar-refractivity contribution in [3.63, 3.8) is 0 Å². The average Bonchev–Trinajstić information content (AvgIpc) is 2.87. The second-order valence-electron chi connectivity index (χ2n) is 7.17. The fourth-order valence-electron chi connectivity index (χ4n) is 3.17. The quantitative estimate of drug-likeness (QED) is 0.575. The van der Waals surface area contributed by atoms with Crippen molar-refractivity contribution in [1.29, 1.82) is 0 Å². The predicted molar refractivity (Wildman–Crippen MR) is 98.2 cm³/mol. The van der Waals surface area contributed by atoms with Crippen molar-refractivity contribution >= 4 is 29.4 Å². The molecule has 0 radical (unpaired) electrons. The second-order valence-corrected chi connectivity index (χ2v) is 7.54. The Labute approximate surface area is 154 Å². The molecule has 0 bridgehead atoms. The van der Waals surface area contributed by atoms with Crippen LogP contribution in [0.4, 0.5) is 10.5 Å². The molecule has 0 spiro atoms. The van der Waals surface area contributed by atoms with E-state index in [1.54, 1.807) is 27.7 Å². The Morgan fingerprint density at radius 3 is 2.56 bits per heavy atom. The number of para-hydroxylation sites is 1. The number of anilines is 1. The van der Waals surface area contributed by atoms with Crippen molar-refractivity contribution in [1.82, 2.24) is 0 Å². The van der Waals surface area contributed by atoms with E-state index in [1.165, 1.54) is 4.90 Å². The Bertz CT molecular complexity index is 641. The summed E-state index contributed by atoms with van der Waals surface area (Å²) in [6, 6.07) is 7.50. The molecule has 6 heteroatoms. The van der Waals surface area contributed by atoms with Crippen LogP contribution in [-0.4, -0.2) is 35.7 Å². The maximum absolute atomic E-state index is 13.0. The third kappa shape index (κ3) is 4.09. The van der Waals surface area contributed by atoms with Crippen LogP contribution in [0.5, 0.6) is 0 Å². The highest BCUT2D eigenvalue weighted by atomic mass is 35.5. The number of ether oxygens (including phenoxy) is 2. The van der Waals surface area contributed by atoms with Crippen LogP contribution in [0, 0.1) is 0 Å².